The molecule has 1 aromatic carbocycles. The first-order valence-corrected chi connectivity index (χ1v) is 8.87. The summed E-state index contributed by atoms with van der Waals surface area (Å²) in [7, 11) is -3.76. The van der Waals surface area contributed by atoms with Gasteiger partial charge in [0, 0.05) is 30.1 Å². The monoisotopic (exact) mass is 352 g/mol. The molecule has 1 aromatic rings. The van der Waals surface area contributed by atoms with Gasteiger partial charge in [-0.1, -0.05) is 23.2 Å². The number of benzene rings is 1. The molecule has 0 bridgehead atoms. The van der Waals surface area contributed by atoms with E-state index in [0.29, 0.717) is 18.8 Å². The topological polar surface area (TPSA) is 81.4 Å². The number of sulfonamides is 1. The number of hydrogen-bond donors (Lipinski definition) is 2. The number of rotatable bonds is 5. The Balaban J connectivity index is 2.28. The van der Waals surface area contributed by atoms with Crippen LogP contribution >= 0.6 is 23.2 Å². The van der Waals surface area contributed by atoms with Gasteiger partial charge in [0.2, 0.25) is 10.0 Å². The lowest BCUT2D eigenvalue weighted by molar-refractivity contribution is 0.180. The van der Waals surface area contributed by atoms with Gasteiger partial charge in [-0.25, -0.2) is 13.1 Å². The second kappa shape index (κ2) is 6.81. The highest BCUT2D eigenvalue weighted by atomic mass is 35.5. The number of nitrogens with one attached hydrogen (secondary N) is 1. The summed E-state index contributed by atoms with van der Waals surface area (Å²) in [5.41, 5.74) is 6.06. The number of ether oxygens (including phenoxy) is 1. The van der Waals surface area contributed by atoms with Crippen LogP contribution in [0.25, 0.3) is 0 Å². The Hall–Kier alpha value is -0.370. The third kappa shape index (κ3) is 3.88. The average Bonchev–Trinajstić information content (AvgIpc) is 2.94. The van der Waals surface area contributed by atoms with Gasteiger partial charge >= 0.3 is 0 Å². The average molecular weight is 353 g/mol. The Kier molecular flexibility index (Phi) is 5.51. The molecule has 0 amide bonds. The molecule has 2 atom stereocenters. The molecule has 21 heavy (non-hydrogen) atoms. The molecule has 1 aliphatic heterocycles. The summed E-state index contributed by atoms with van der Waals surface area (Å²) in [6, 6.07) is 2.66. The van der Waals surface area contributed by atoms with Crippen LogP contribution in [-0.2, 0) is 21.3 Å². The highest BCUT2D eigenvalue weighted by Gasteiger charge is 2.28. The van der Waals surface area contributed by atoms with Crippen LogP contribution in [0.5, 0.6) is 0 Å². The molecule has 0 spiro atoms. The van der Waals surface area contributed by atoms with E-state index in [4.69, 9.17) is 33.7 Å². The van der Waals surface area contributed by atoms with Crippen molar-refractivity contribution in [2.75, 3.05) is 13.2 Å². The van der Waals surface area contributed by atoms with Crippen molar-refractivity contribution >= 4 is 33.2 Å². The summed E-state index contributed by atoms with van der Waals surface area (Å²) < 4.78 is 32.9. The summed E-state index contributed by atoms with van der Waals surface area (Å²) >= 11 is 12.1. The quantitative estimate of drug-likeness (QED) is 0.850. The van der Waals surface area contributed by atoms with Gasteiger partial charge in [0.25, 0.3) is 0 Å². The lowest BCUT2D eigenvalue weighted by atomic mass is 10.0. The van der Waals surface area contributed by atoms with Crippen LogP contribution in [0.1, 0.15) is 18.9 Å². The van der Waals surface area contributed by atoms with Gasteiger partial charge < -0.3 is 10.5 Å². The molecule has 0 aliphatic carbocycles. The van der Waals surface area contributed by atoms with Crippen molar-refractivity contribution < 1.29 is 13.2 Å². The third-order valence-corrected chi connectivity index (χ3v) is 5.96. The number of nitrogens with two attached hydrogens (primary N) is 1. The summed E-state index contributed by atoms with van der Waals surface area (Å²) in [5.74, 6) is 0.159. The Morgan fingerprint density at radius 3 is 2.76 bits per heavy atom. The Morgan fingerprint density at radius 1 is 1.48 bits per heavy atom. The number of hydrogen-bond acceptors (Lipinski definition) is 4. The molecular weight excluding hydrogens is 335 g/mol. The first-order chi connectivity index (χ1) is 9.85. The van der Waals surface area contributed by atoms with E-state index in [1.165, 1.54) is 6.07 Å². The van der Waals surface area contributed by atoms with E-state index >= 15 is 0 Å². The molecular formula is C13H18Cl2N2O3S. The van der Waals surface area contributed by atoms with Crippen LogP contribution < -0.4 is 10.5 Å². The fourth-order valence-corrected chi connectivity index (χ4v) is 4.57. The summed E-state index contributed by atoms with van der Waals surface area (Å²) in [4.78, 5) is -0.0390. The van der Waals surface area contributed by atoms with Crippen LogP contribution in [0.4, 0.5) is 0 Å². The SMILES string of the molecule is CC(NS(=O)(=O)c1cc(Cl)cc(CN)c1Cl)C1CCOC1. The lowest BCUT2D eigenvalue weighted by Crippen LogP contribution is -2.38. The van der Waals surface area contributed by atoms with Crippen LogP contribution in [0.3, 0.4) is 0 Å². The summed E-state index contributed by atoms with van der Waals surface area (Å²) in [6.07, 6.45) is 0.834. The molecule has 0 radical (unpaired) electrons. The standard InChI is InChI=1S/C13H18Cl2N2O3S/c1-8(9-2-3-20-7-9)17-21(18,19)12-5-11(14)4-10(6-16)13(12)15/h4-5,8-9,17H,2-3,6-7,16H2,1H3. The fourth-order valence-electron chi connectivity index (χ4n) is 2.31. The second-order valence-electron chi connectivity index (χ2n) is 5.11. The maximum Gasteiger partial charge on any atom is 0.242 e. The normalized spacial score (nSPS) is 20.7. The Morgan fingerprint density at radius 2 is 2.19 bits per heavy atom. The molecule has 3 N–H and O–H groups in total. The number of halogens is 2. The summed E-state index contributed by atoms with van der Waals surface area (Å²) in [6.45, 7) is 3.15. The Labute approximate surface area is 134 Å². The maximum absolute atomic E-state index is 12.5. The van der Waals surface area contributed by atoms with E-state index < -0.39 is 10.0 Å². The molecule has 0 aromatic heterocycles. The minimum atomic E-state index is -3.76. The molecule has 1 fully saturated rings. The smallest absolute Gasteiger partial charge is 0.242 e. The molecule has 5 nitrogen and oxygen atoms in total. The van der Waals surface area contributed by atoms with Gasteiger partial charge in [0.1, 0.15) is 4.90 Å². The molecule has 0 saturated carbocycles. The van der Waals surface area contributed by atoms with E-state index in [9.17, 15) is 8.42 Å². The zero-order chi connectivity index (χ0) is 15.6. The third-order valence-electron chi connectivity index (χ3n) is 3.60. The lowest BCUT2D eigenvalue weighted by Gasteiger charge is -2.20. The van der Waals surface area contributed by atoms with Crippen LogP contribution in [0.15, 0.2) is 17.0 Å². The van der Waals surface area contributed by atoms with Gasteiger partial charge in [-0.3, -0.25) is 0 Å². The van der Waals surface area contributed by atoms with Gasteiger partial charge in [-0.15, -0.1) is 0 Å². The molecule has 1 saturated heterocycles. The van der Waals surface area contributed by atoms with Gasteiger partial charge in [-0.2, -0.15) is 0 Å². The first kappa shape index (κ1) is 17.0. The highest BCUT2D eigenvalue weighted by Crippen LogP contribution is 2.30. The van der Waals surface area contributed by atoms with Crippen molar-refractivity contribution in [3.8, 4) is 0 Å². The molecule has 1 aliphatic rings. The van der Waals surface area contributed by atoms with Crippen molar-refractivity contribution in [2.45, 2.75) is 30.8 Å². The maximum atomic E-state index is 12.5. The minimum Gasteiger partial charge on any atom is -0.381 e. The second-order valence-corrected chi connectivity index (χ2v) is 7.61. The molecule has 2 rings (SSSR count). The van der Waals surface area contributed by atoms with E-state index in [1.807, 2.05) is 6.92 Å². The van der Waals surface area contributed by atoms with E-state index in [2.05, 4.69) is 4.72 Å². The zero-order valence-electron chi connectivity index (χ0n) is 11.6. The fraction of sp³-hybridized carbons (Fsp3) is 0.538. The van der Waals surface area contributed by atoms with Crippen LogP contribution in [-0.4, -0.2) is 27.7 Å². The van der Waals surface area contributed by atoms with Crippen molar-refractivity contribution in [3.05, 3.63) is 27.7 Å². The zero-order valence-corrected chi connectivity index (χ0v) is 13.9. The highest BCUT2D eigenvalue weighted by molar-refractivity contribution is 7.89. The van der Waals surface area contributed by atoms with Crippen molar-refractivity contribution in [1.29, 1.82) is 0 Å². The summed E-state index contributed by atoms with van der Waals surface area (Å²) in [5, 5.41) is 0.404. The van der Waals surface area contributed by atoms with Gasteiger partial charge in [-0.05, 0) is 31.0 Å². The minimum absolute atomic E-state index is 0.0390. The van der Waals surface area contributed by atoms with Crippen molar-refractivity contribution in [3.63, 3.8) is 0 Å². The van der Waals surface area contributed by atoms with E-state index in [0.717, 1.165) is 6.42 Å². The van der Waals surface area contributed by atoms with Gasteiger partial charge in [0.15, 0.2) is 0 Å². The van der Waals surface area contributed by atoms with Crippen LogP contribution in [0, 0.1) is 5.92 Å². The van der Waals surface area contributed by atoms with Crippen molar-refractivity contribution in [2.24, 2.45) is 11.7 Å². The van der Waals surface area contributed by atoms with Gasteiger partial charge in [0.05, 0.1) is 11.6 Å². The first-order valence-electron chi connectivity index (χ1n) is 6.63. The molecule has 118 valence electrons. The predicted octanol–water partition coefficient (Wildman–Crippen LogP) is 2.16. The largest absolute Gasteiger partial charge is 0.381 e. The Bertz CT molecular complexity index is 616. The van der Waals surface area contributed by atoms with Crippen LogP contribution in [0.2, 0.25) is 10.0 Å². The van der Waals surface area contributed by atoms with E-state index in [-0.39, 0.29) is 33.4 Å². The van der Waals surface area contributed by atoms with Crippen molar-refractivity contribution in [1.82, 2.24) is 4.72 Å². The molecule has 2 unspecified atom stereocenters. The molecule has 1 heterocycles. The molecule has 8 heteroatoms. The predicted molar refractivity (Wildman–Crippen MR) is 83.1 cm³/mol. The van der Waals surface area contributed by atoms with E-state index in [1.54, 1.807) is 6.07 Å².